The Morgan fingerprint density at radius 2 is 2.00 bits per heavy atom. The molecule has 2 heterocycles. The summed E-state index contributed by atoms with van der Waals surface area (Å²) in [6.45, 7) is 2.90. The number of fused-ring (bicyclic) bond motifs is 1. The fourth-order valence-corrected chi connectivity index (χ4v) is 3.38. The van der Waals surface area contributed by atoms with Crippen molar-refractivity contribution in [3.05, 3.63) is 57.2 Å². The molecule has 0 fully saturated rings. The van der Waals surface area contributed by atoms with E-state index >= 15 is 0 Å². The maximum atomic E-state index is 13.8. The SMILES string of the molecule is CC(=O)NCc1ccc(C(=O)COC(=O)c2oc3c(F)cccc3c2C)s1. The third-order valence-electron chi connectivity index (χ3n) is 3.88. The van der Waals surface area contributed by atoms with E-state index in [9.17, 15) is 18.8 Å². The molecule has 140 valence electrons. The number of ether oxygens (including phenoxy) is 1. The normalized spacial score (nSPS) is 10.8. The first-order chi connectivity index (χ1) is 12.9. The first-order valence-electron chi connectivity index (χ1n) is 8.08. The van der Waals surface area contributed by atoms with E-state index < -0.39 is 18.4 Å². The number of amides is 1. The third kappa shape index (κ3) is 4.06. The molecule has 1 aromatic carbocycles. The van der Waals surface area contributed by atoms with E-state index in [-0.39, 0.29) is 23.0 Å². The van der Waals surface area contributed by atoms with Crippen molar-refractivity contribution < 1.29 is 27.9 Å². The lowest BCUT2D eigenvalue weighted by Crippen LogP contribution is -2.18. The second-order valence-electron chi connectivity index (χ2n) is 5.85. The molecule has 0 radical (unpaired) electrons. The molecule has 0 atom stereocenters. The Morgan fingerprint density at radius 3 is 2.70 bits per heavy atom. The number of rotatable bonds is 6. The molecule has 0 saturated heterocycles. The molecule has 27 heavy (non-hydrogen) atoms. The zero-order valence-electron chi connectivity index (χ0n) is 14.6. The first kappa shape index (κ1) is 18.8. The van der Waals surface area contributed by atoms with Gasteiger partial charge in [-0.25, -0.2) is 9.18 Å². The summed E-state index contributed by atoms with van der Waals surface area (Å²) in [5, 5.41) is 3.12. The number of halogens is 1. The van der Waals surface area contributed by atoms with Gasteiger partial charge in [-0.2, -0.15) is 0 Å². The molecule has 0 unspecified atom stereocenters. The van der Waals surface area contributed by atoms with Crippen LogP contribution in [0.3, 0.4) is 0 Å². The van der Waals surface area contributed by atoms with Gasteiger partial charge in [-0.1, -0.05) is 12.1 Å². The van der Waals surface area contributed by atoms with Crippen molar-refractivity contribution in [2.45, 2.75) is 20.4 Å². The predicted octanol–water partition coefficient (Wildman–Crippen LogP) is 3.62. The maximum Gasteiger partial charge on any atom is 0.375 e. The van der Waals surface area contributed by atoms with Gasteiger partial charge in [0, 0.05) is 22.8 Å². The van der Waals surface area contributed by atoms with Crippen LogP contribution in [-0.4, -0.2) is 24.3 Å². The van der Waals surface area contributed by atoms with Gasteiger partial charge < -0.3 is 14.5 Å². The van der Waals surface area contributed by atoms with Crippen LogP contribution >= 0.6 is 11.3 Å². The van der Waals surface area contributed by atoms with Gasteiger partial charge >= 0.3 is 5.97 Å². The molecule has 8 heteroatoms. The molecule has 0 aliphatic carbocycles. The number of benzene rings is 1. The number of hydrogen-bond donors (Lipinski definition) is 1. The van der Waals surface area contributed by atoms with Crippen LogP contribution in [0.15, 0.2) is 34.7 Å². The van der Waals surface area contributed by atoms with Gasteiger partial charge in [0.15, 0.2) is 18.0 Å². The summed E-state index contributed by atoms with van der Waals surface area (Å²) >= 11 is 1.21. The molecule has 0 bridgehead atoms. The van der Waals surface area contributed by atoms with E-state index in [0.29, 0.717) is 22.4 Å². The largest absolute Gasteiger partial charge is 0.451 e. The number of thiophene rings is 1. The average Bonchev–Trinajstić information content (AvgIpc) is 3.24. The van der Waals surface area contributed by atoms with Gasteiger partial charge in [0.25, 0.3) is 0 Å². The zero-order chi connectivity index (χ0) is 19.6. The van der Waals surface area contributed by atoms with Gasteiger partial charge in [-0.15, -0.1) is 11.3 Å². The van der Waals surface area contributed by atoms with Crippen molar-refractivity contribution in [3.8, 4) is 0 Å². The topological polar surface area (TPSA) is 85.6 Å². The van der Waals surface area contributed by atoms with Crippen LogP contribution in [-0.2, 0) is 16.1 Å². The smallest absolute Gasteiger partial charge is 0.375 e. The minimum atomic E-state index is -0.827. The maximum absolute atomic E-state index is 13.8. The molecular formula is C19H16FNO5S. The summed E-state index contributed by atoms with van der Waals surface area (Å²) in [5.74, 6) is -2.06. The number of para-hydroxylation sites is 1. The highest BCUT2D eigenvalue weighted by molar-refractivity contribution is 7.14. The minimum absolute atomic E-state index is 0.0193. The molecule has 0 spiro atoms. The summed E-state index contributed by atoms with van der Waals surface area (Å²) in [6, 6.07) is 7.73. The lowest BCUT2D eigenvalue weighted by atomic mass is 10.1. The zero-order valence-corrected chi connectivity index (χ0v) is 15.4. The molecular weight excluding hydrogens is 373 g/mol. The van der Waals surface area contributed by atoms with Crippen molar-refractivity contribution in [1.82, 2.24) is 5.32 Å². The number of esters is 1. The van der Waals surface area contributed by atoms with Gasteiger partial charge in [0.2, 0.25) is 17.5 Å². The van der Waals surface area contributed by atoms with Crippen LogP contribution in [0, 0.1) is 12.7 Å². The number of aryl methyl sites for hydroxylation is 1. The second kappa shape index (κ2) is 7.71. The molecule has 0 saturated carbocycles. The van der Waals surface area contributed by atoms with Gasteiger partial charge in [0.05, 0.1) is 11.4 Å². The number of carbonyl (C=O) groups excluding carboxylic acids is 3. The van der Waals surface area contributed by atoms with E-state index in [1.54, 1.807) is 25.1 Å². The second-order valence-corrected chi connectivity index (χ2v) is 7.02. The molecule has 6 nitrogen and oxygen atoms in total. The Morgan fingerprint density at radius 1 is 1.22 bits per heavy atom. The van der Waals surface area contributed by atoms with Crippen LogP contribution in [0.25, 0.3) is 11.0 Å². The minimum Gasteiger partial charge on any atom is -0.451 e. The van der Waals surface area contributed by atoms with E-state index in [4.69, 9.17) is 9.15 Å². The summed E-state index contributed by atoms with van der Waals surface area (Å²) in [5.41, 5.74) is 0.435. The summed E-state index contributed by atoms with van der Waals surface area (Å²) in [6.07, 6.45) is 0. The number of Topliss-reactive ketones (excluding diaryl/α,β-unsaturated/α-hetero) is 1. The lowest BCUT2D eigenvalue weighted by Gasteiger charge is -2.02. The van der Waals surface area contributed by atoms with Crippen molar-refractivity contribution in [1.29, 1.82) is 0 Å². The Labute approximate surface area is 157 Å². The van der Waals surface area contributed by atoms with Crippen LogP contribution in [0.2, 0.25) is 0 Å². The van der Waals surface area contributed by atoms with Crippen LogP contribution < -0.4 is 5.32 Å². The molecule has 1 N–H and O–H groups in total. The third-order valence-corrected chi connectivity index (χ3v) is 5.01. The number of furan rings is 1. The highest BCUT2D eigenvalue weighted by Gasteiger charge is 2.22. The molecule has 0 aliphatic heterocycles. The standard InChI is InChI=1S/C19H16FNO5S/c1-10-13-4-3-5-14(20)18(13)26-17(10)19(24)25-9-15(23)16-7-6-12(27-16)8-21-11(2)22/h3-7H,8-9H2,1-2H3,(H,21,22). The van der Waals surface area contributed by atoms with Gasteiger partial charge in [-0.05, 0) is 25.1 Å². The fraction of sp³-hybridized carbons (Fsp3) is 0.211. The van der Waals surface area contributed by atoms with Crippen LogP contribution in [0.5, 0.6) is 0 Å². The lowest BCUT2D eigenvalue weighted by molar-refractivity contribution is -0.119. The Balaban J connectivity index is 1.65. The average molecular weight is 389 g/mol. The Bertz CT molecular complexity index is 1040. The summed E-state index contributed by atoms with van der Waals surface area (Å²) in [7, 11) is 0. The predicted molar refractivity (Wildman–Crippen MR) is 97.4 cm³/mol. The number of ketones is 1. The molecule has 2 aromatic heterocycles. The highest BCUT2D eigenvalue weighted by Crippen LogP contribution is 2.27. The van der Waals surface area contributed by atoms with Crippen LogP contribution in [0.1, 0.15) is 37.6 Å². The van der Waals surface area contributed by atoms with Crippen LogP contribution in [0.4, 0.5) is 4.39 Å². The van der Waals surface area contributed by atoms with Gasteiger partial charge in [0.1, 0.15) is 0 Å². The molecule has 1 amide bonds. The van der Waals surface area contributed by atoms with E-state index in [1.807, 2.05) is 0 Å². The first-order valence-corrected chi connectivity index (χ1v) is 8.89. The Hall–Kier alpha value is -3.00. The quantitative estimate of drug-likeness (QED) is 0.514. The number of nitrogens with one attached hydrogen (secondary N) is 1. The monoisotopic (exact) mass is 389 g/mol. The molecule has 3 aromatic rings. The van der Waals surface area contributed by atoms with E-state index in [1.165, 1.54) is 30.4 Å². The fourth-order valence-electron chi connectivity index (χ4n) is 2.51. The number of carbonyl (C=O) groups is 3. The summed E-state index contributed by atoms with van der Waals surface area (Å²) in [4.78, 5) is 36.6. The van der Waals surface area contributed by atoms with Crippen molar-refractivity contribution in [3.63, 3.8) is 0 Å². The summed E-state index contributed by atoms with van der Waals surface area (Å²) < 4.78 is 24.1. The highest BCUT2D eigenvalue weighted by atomic mass is 32.1. The molecule has 3 rings (SSSR count). The molecule has 0 aliphatic rings. The van der Waals surface area contributed by atoms with Gasteiger partial charge in [-0.3, -0.25) is 9.59 Å². The van der Waals surface area contributed by atoms with Crippen molar-refractivity contribution in [2.24, 2.45) is 0 Å². The van der Waals surface area contributed by atoms with Crippen molar-refractivity contribution in [2.75, 3.05) is 6.61 Å². The Kier molecular flexibility index (Phi) is 5.36. The van der Waals surface area contributed by atoms with E-state index in [2.05, 4.69) is 5.32 Å². The van der Waals surface area contributed by atoms with E-state index in [0.717, 1.165) is 4.88 Å². The van der Waals surface area contributed by atoms with Crippen molar-refractivity contribution >= 4 is 40.0 Å². The number of hydrogen-bond acceptors (Lipinski definition) is 6.